The molecule has 23 heavy (non-hydrogen) atoms. The number of amides is 1. The van der Waals surface area contributed by atoms with Crippen LogP contribution in [0.1, 0.15) is 10.4 Å². The number of nitrogens with zero attached hydrogens (tertiary/aromatic N) is 2. The number of primary amides is 1. The standard InChI is InChI=1S/C12H8F2.C5H7N3O/c13-11-5-1-9(2-6-11)10-3-7-12(14)8-4-10;1-8-3-4(2-7-8)5(6)9/h1-8H;2-3H,1H3,(H2,6,9). The minimum Gasteiger partial charge on any atom is -0.366 e. The first-order valence-electron chi connectivity index (χ1n) is 6.75. The van der Waals surface area contributed by atoms with Gasteiger partial charge in [-0.1, -0.05) is 24.3 Å². The van der Waals surface area contributed by atoms with Crippen LogP contribution in [0.25, 0.3) is 11.1 Å². The first-order valence-corrected chi connectivity index (χ1v) is 6.75. The molecule has 1 amide bonds. The van der Waals surface area contributed by atoms with E-state index in [0.29, 0.717) is 5.56 Å². The third kappa shape index (κ3) is 4.74. The van der Waals surface area contributed by atoms with Crippen LogP contribution in [0.5, 0.6) is 0 Å². The van der Waals surface area contributed by atoms with Gasteiger partial charge in [0.1, 0.15) is 11.6 Å². The Morgan fingerprint density at radius 3 is 1.65 bits per heavy atom. The fourth-order valence-corrected chi connectivity index (χ4v) is 1.83. The highest BCUT2D eigenvalue weighted by molar-refractivity contribution is 5.92. The predicted octanol–water partition coefficient (Wildman–Crippen LogP) is 3.15. The van der Waals surface area contributed by atoms with Crippen molar-refractivity contribution in [2.45, 2.75) is 0 Å². The zero-order valence-corrected chi connectivity index (χ0v) is 12.4. The van der Waals surface area contributed by atoms with E-state index in [1.54, 1.807) is 37.5 Å². The van der Waals surface area contributed by atoms with E-state index in [-0.39, 0.29) is 11.6 Å². The minimum atomic E-state index is -0.442. The van der Waals surface area contributed by atoms with Gasteiger partial charge < -0.3 is 5.73 Å². The number of hydrogen-bond acceptors (Lipinski definition) is 2. The molecule has 0 fully saturated rings. The Balaban J connectivity index is 0.000000185. The summed E-state index contributed by atoms with van der Waals surface area (Å²) < 4.78 is 26.7. The van der Waals surface area contributed by atoms with Gasteiger partial charge in [0.2, 0.25) is 0 Å². The SMILES string of the molecule is Cn1cc(C(N)=O)cn1.Fc1ccc(-c2ccc(F)cc2)cc1. The average molecular weight is 315 g/mol. The molecule has 0 bridgehead atoms. The maximum Gasteiger partial charge on any atom is 0.251 e. The summed E-state index contributed by atoms with van der Waals surface area (Å²) in [5, 5.41) is 3.75. The second-order valence-electron chi connectivity index (χ2n) is 4.78. The van der Waals surface area contributed by atoms with Crippen molar-refractivity contribution in [1.29, 1.82) is 0 Å². The lowest BCUT2D eigenvalue weighted by molar-refractivity contribution is 0.1000. The predicted molar refractivity (Wildman–Crippen MR) is 83.5 cm³/mol. The second-order valence-corrected chi connectivity index (χ2v) is 4.78. The Hall–Kier alpha value is -3.02. The molecule has 1 aromatic heterocycles. The Morgan fingerprint density at radius 2 is 1.39 bits per heavy atom. The number of benzene rings is 2. The monoisotopic (exact) mass is 315 g/mol. The van der Waals surface area contributed by atoms with Crippen molar-refractivity contribution >= 4 is 5.91 Å². The number of aromatic nitrogens is 2. The molecule has 6 heteroatoms. The smallest absolute Gasteiger partial charge is 0.251 e. The zero-order valence-electron chi connectivity index (χ0n) is 12.4. The minimum absolute atomic E-state index is 0.268. The molecule has 3 aromatic rings. The molecule has 0 radical (unpaired) electrons. The Bertz CT molecular complexity index is 737. The van der Waals surface area contributed by atoms with Gasteiger partial charge in [0.15, 0.2) is 0 Å². The van der Waals surface area contributed by atoms with Crippen LogP contribution in [0.3, 0.4) is 0 Å². The van der Waals surface area contributed by atoms with Gasteiger partial charge in [-0.05, 0) is 35.4 Å². The molecule has 0 atom stereocenters. The van der Waals surface area contributed by atoms with Crippen LogP contribution < -0.4 is 5.73 Å². The summed E-state index contributed by atoms with van der Waals surface area (Å²) in [6.45, 7) is 0. The number of nitrogens with two attached hydrogens (primary N) is 1. The van der Waals surface area contributed by atoms with Gasteiger partial charge in [0, 0.05) is 13.2 Å². The van der Waals surface area contributed by atoms with Gasteiger partial charge >= 0.3 is 0 Å². The van der Waals surface area contributed by atoms with Crippen molar-refractivity contribution in [3.8, 4) is 11.1 Å². The van der Waals surface area contributed by atoms with E-state index in [2.05, 4.69) is 5.10 Å². The van der Waals surface area contributed by atoms with E-state index in [4.69, 9.17) is 5.73 Å². The lowest BCUT2D eigenvalue weighted by Gasteiger charge is -2.00. The highest BCUT2D eigenvalue weighted by atomic mass is 19.1. The maximum absolute atomic E-state index is 12.6. The molecule has 2 aromatic carbocycles. The molecule has 0 aliphatic heterocycles. The van der Waals surface area contributed by atoms with E-state index < -0.39 is 5.91 Å². The van der Waals surface area contributed by atoms with Crippen molar-refractivity contribution in [3.63, 3.8) is 0 Å². The van der Waals surface area contributed by atoms with E-state index in [1.807, 2.05) is 0 Å². The summed E-state index contributed by atoms with van der Waals surface area (Å²) >= 11 is 0. The Kier molecular flexibility index (Phi) is 5.19. The quantitative estimate of drug-likeness (QED) is 0.789. The maximum atomic E-state index is 12.6. The molecular formula is C17H15F2N3O. The molecule has 118 valence electrons. The number of hydrogen-bond donors (Lipinski definition) is 1. The Labute approximate surface area is 132 Å². The van der Waals surface area contributed by atoms with Gasteiger partial charge in [-0.3, -0.25) is 9.48 Å². The van der Waals surface area contributed by atoms with Crippen molar-refractivity contribution in [1.82, 2.24) is 9.78 Å². The van der Waals surface area contributed by atoms with Crippen LogP contribution in [-0.2, 0) is 7.05 Å². The molecule has 1 heterocycles. The summed E-state index contributed by atoms with van der Waals surface area (Å²) in [6, 6.07) is 12.2. The first kappa shape index (κ1) is 16.4. The fraction of sp³-hybridized carbons (Fsp3) is 0.0588. The van der Waals surface area contributed by atoms with Crippen LogP contribution in [0.15, 0.2) is 60.9 Å². The van der Waals surface area contributed by atoms with Crippen molar-refractivity contribution in [3.05, 3.63) is 78.1 Å². The lowest BCUT2D eigenvalue weighted by Crippen LogP contribution is -2.09. The molecule has 0 aliphatic carbocycles. The van der Waals surface area contributed by atoms with Crippen molar-refractivity contribution in [2.75, 3.05) is 0 Å². The van der Waals surface area contributed by atoms with Crippen LogP contribution in [0.4, 0.5) is 8.78 Å². The van der Waals surface area contributed by atoms with Crippen molar-refractivity contribution < 1.29 is 13.6 Å². The number of halogens is 2. The largest absolute Gasteiger partial charge is 0.366 e. The van der Waals surface area contributed by atoms with E-state index in [0.717, 1.165) is 11.1 Å². The normalized spacial score (nSPS) is 9.87. The average Bonchev–Trinajstić information content (AvgIpc) is 2.97. The molecular weight excluding hydrogens is 300 g/mol. The molecule has 0 spiro atoms. The number of aryl methyl sites for hydroxylation is 1. The molecule has 2 N–H and O–H groups in total. The van der Waals surface area contributed by atoms with Crippen LogP contribution in [0.2, 0.25) is 0 Å². The van der Waals surface area contributed by atoms with E-state index >= 15 is 0 Å². The topological polar surface area (TPSA) is 60.9 Å². The molecule has 0 unspecified atom stereocenters. The van der Waals surface area contributed by atoms with Crippen LogP contribution >= 0.6 is 0 Å². The zero-order chi connectivity index (χ0) is 16.8. The lowest BCUT2D eigenvalue weighted by atomic mass is 10.1. The van der Waals surface area contributed by atoms with E-state index in [9.17, 15) is 13.6 Å². The van der Waals surface area contributed by atoms with Gasteiger partial charge in [-0.15, -0.1) is 0 Å². The van der Waals surface area contributed by atoms with Gasteiger partial charge in [-0.2, -0.15) is 5.10 Å². The molecule has 0 aliphatic rings. The molecule has 3 rings (SSSR count). The first-order chi connectivity index (χ1) is 11.0. The second kappa shape index (κ2) is 7.31. The van der Waals surface area contributed by atoms with Gasteiger partial charge in [0.25, 0.3) is 5.91 Å². The highest BCUT2D eigenvalue weighted by Crippen LogP contribution is 2.19. The molecule has 0 saturated carbocycles. The summed E-state index contributed by atoms with van der Waals surface area (Å²) in [4.78, 5) is 10.4. The van der Waals surface area contributed by atoms with Crippen LogP contribution in [0, 0.1) is 11.6 Å². The number of carbonyl (C=O) groups excluding carboxylic acids is 1. The van der Waals surface area contributed by atoms with Crippen molar-refractivity contribution in [2.24, 2.45) is 12.8 Å². The van der Waals surface area contributed by atoms with Gasteiger partial charge in [-0.25, -0.2) is 8.78 Å². The van der Waals surface area contributed by atoms with Crippen LogP contribution in [-0.4, -0.2) is 15.7 Å². The number of carbonyl (C=O) groups is 1. The number of rotatable bonds is 2. The highest BCUT2D eigenvalue weighted by Gasteiger charge is 1.99. The molecule has 0 saturated heterocycles. The third-order valence-corrected chi connectivity index (χ3v) is 3.01. The summed E-state index contributed by atoms with van der Waals surface area (Å²) in [5.41, 5.74) is 7.14. The molecule has 4 nitrogen and oxygen atoms in total. The summed E-state index contributed by atoms with van der Waals surface area (Å²) in [6.07, 6.45) is 3.00. The third-order valence-electron chi connectivity index (χ3n) is 3.01. The Morgan fingerprint density at radius 1 is 0.957 bits per heavy atom. The fourth-order valence-electron chi connectivity index (χ4n) is 1.83. The van der Waals surface area contributed by atoms with Gasteiger partial charge in [0.05, 0.1) is 11.8 Å². The summed E-state index contributed by atoms with van der Waals surface area (Å²) in [5.74, 6) is -0.977. The summed E-state index contributed by atoms with van der Waals surface area (Å²) in [7, 11) is 1.73. The van der Waals surface area contributed by atoms with E-state index in [1.165, 1.54) is 35.1 Å².